The van der Waals surface area contributed by atoms with E-state index in [1.807, 2.05) is 26.0 Å². The highest BCUT2D eigenvalue weighted by Gasteiger charge is 2.44. The van der Waals surface area contributed by atoms with Gasteiger partial charge in [-0.3, -0.25) is 4.79 Å². The Hall–Kier alpha value is -2.96. The predicted octanol–water partition coefficient (Wildman–Crippen LogP) is 3.58. The van der Waals surface area contributed by atoms with Gasteiger partial charge in [0, 0.05) is 32.1 Å². The number of hydrogen-bond donors (Lipinski definition) is 0. The van der Waals surface area contributed by atoms with E-state index in [0.29, 0.717) is 61.7 Å². The van der Waals surface area contributed by atoms with Crippen molar-refractivity contribution in [2.75, 3.05) is 24.6 Å². The van der Waals surface area contributed by atoms with Crippen LogP contribution in [0.2, 0.25) is 0 Å². The molecule has 0 amide bonds. The number of fused-ring (bicyclic) bond motifs is 1. The summed E-state index contributed by atoms with van der Waals surface area (Å²) in [5.74, 6) is 1.63. The van der Waals surface area contributed by atoms with Gasteiger partial charge in [-0.25, -0.2) is 14.8 Å². The first-order chi connectivity index (χ1) is 14.3. The van der Waals surface area contributed by atoms with Crippen LogP contribution >= 0.6 is 0 Å². The molecule has 0 saturated carbocycles. The summed E-state index contributed by atoms with van der Waals surface area (Å²) in [6.45, 7) is 9.17. The number of hydrogen-bond acceptors (Lipinski definition) is 7. The lowest BCUT2D eigenvalue weighted by molar-refractivity contribution is 0.0224. The zero-order chi connectivity index (χ0) is 21.5. The smallest absolute Gasteiger partial charge is 0.343 e. The van der Waals surface area contributed by atoms with Gasteiger partial charge >= 0.3 is 5.97 Å². The third-order valence-corrected chi connectivity index (χ3v) is 6.14. The fraction of sp³-hybridized carbons (Fsp3) is 0.478. The van der Waals surface area contributed by atoms with Crippen molar-refractivity contribution in [2.45, 2.75) is 52.6 Å². The minimum Gasteiger partial charge on any atom is -0.486 e. The number of nitrogens with zero attached hydrogens (tertiary/aromatic N) is 3. The van der Waals surface area contributed by atoms with E-state index in [-0.39, 0.29) is 5.78 Å². The van der Waals surface area contributed by atoms with Crippen molar-refractivity contribution < 1.29 is 19.1 Å². The SMILES string of the molecule is CCOC(=O)c1cnc(C)nc1N1CCC2(CC1)CC(=O)c1ccc(C)c(C)c1O2. The summed E-state index contributed by atoms with van der Waals surface area (Å²) in [6.07, 6.45) is 3.26. The molecule has 1 aromatic carbocycles. The van der Waals surface area contributed by atoms with Crippen LogP contribution < -0.4 is 9.64 Å². The Bertz CT molecular complexity index is 1010. The quantitative estimate of drug-likeness (QED) is 0.717. The summed E-state index contributed by atoms with van der Waals surface area (Å²) in [6, 6.07) is 3.85. The number of aryl methyl sites for hydroxylation is 2. The second-order valence-electron chi connectivity index (χ2n) is 8.13. The molecule has 0 atom stereocenters. The van der Waals surface area contributed by atoms with Gasteiger partial charge < -0.3 is 14.4 Å². The van der Waals surface area contributed by atoms with Crippen LogP contribution in [0.4, 0.5) is 5.82 Å². The molecule has 4 rings (SSSR count). The number of rotatable bonds is 3. The second kappa shape index (κ2) is 7.70. The molecule has 2 aliphatic heterocycles. The van der Waals surface area contributed by atoms with E-state index in [2.05, 4.69) is 14.9 Å². The van der Waals surface area contributed by atoms with E-state index in [0.717, 1.165) is 16.9 Å². The van der Waals surface area contributed by atoms with Crippen LogP contribution in [0.15, 0.2) is 18.3 Å². The Labute approximate surface area is 176 Å². The Morgan fingerprint density at radius 3 is 2.67 bits per heavy atom. The summed E-state index contributed by atoms with van der Waals surface area (Å²) in [4.78, 5) is 36.0. The van der Waals surface area contributed by atoms with Gasteiger partial charge in [0.1, 0.15) is 28.6 Å². The monoisotopic (exact) mass is 409 g/mol. The van der Waals surface area contributed by atoms with E-state index < -0.39 is 11.6 Å². The number of carbonyl (C=O) groups excluding carboxylic acids is 2. The third-order valence-electron chi connectivity index (χ3n) is 6.14. The zero-order valence-electron chi connectivity index (χ0n) is 17.9. The summed E-state index contributed by atoms with van der Waals surface area (Å²) in [5, 5.41) is 0. The highest BCUT2D eigenvalue weighted by Crippen LogP contribution is 2.42. The lowest BCUT2D eigenvalue weighted by Crippen LogP contribution is -2.51. The van der Waals surface area contributed by atoms with Crippen molar-refractivity contribution in [3.63, 3.8) is 0 Å². The van der Waals surface area contributed by atoms with E-state index in [1.54, 1.807) is 13.8 Å². The molecule has 1 aromatic heterocycles. The zero-order valence-corrected chi connectivity index (χ0v) is 17.9. The number of piperidine rings is 1. The number of ketones is 1. The van der Waals surface area contributed by atoms with Gasteiger partial charge in [-0.15, -0.1) is 0 Å². The normalized spacial score (nSPS) is 17.5. The van der Waals surface area contributed by atoms with Crippen LogP contribution in [-0.4, -0.2) is 47.0 Å². The maximum atomic E-state index is 12.9. The molecule has 0 radical (unpaired) electrons. The maximum Gasteiger partial charge on any atom is 0.343 e. The summed E-state index contributed by atoms with van der Waals surface area (Å²) < 4.78 is 11.7. The molecule has 1 spiro atoms. The molecular formula is C23H27N3O4. The van der Waals surface area contributed by atoms with Gasteiger partial charge in [-0.1, -0.05) is 6.07 Å². The number of carbonyl (C=O) groups is 2. The van der Waals surface area contributed by atoms with Crippen LogP contribution in [0.5, 0.6) is 5.75 Å². The minimum atomic E-state index is -0.509. The topological polar surface area (TPSA) is 81.6 Å². The average Bonchev–Trinajstić information content (AvgIpc) is 2.72. The summed E-state index contributed by atoms with van der Waals surface area (Å²) >= 11 is 0. The second-order valence-corrected chi connectivity index (χ2v) is 8.13. The minimum absolute atomic E-state index is 0.137. The Morgan fingerprint density at radius 2 is 1.97 bits per heavy atom. The molecule has 30 heavy (non-hydrogen) atoms. The first-order valence-corrected chi connectivity index (χ1v) is 10.4. The van der Waals surface area contributed by atoms with Gasteiger partial charge in [0.15, 0.2) is 5.78 Å². The van der Waals surface area contributed by atoms with Crippen molar-refractivity contribution in [3.8, 4) is 5.75 Å². The number of ether oxygens (including phenoxy) is 2. The molecule has 7 nitrogen and oxygen atoms in total. The van der Waals surface area contributed by atoms with Crippen LogP contribution in [0, 0.1) is 20.8 Å². The van der Waals surface area contributed by atoms with Crippen LogP contribution in [0.3, 0.4) is 0 Å². The van der Waals surface area contributed by atoms with Crippen molar-refractivity contribution in [1.29, 1.82) is 0 Å². The maximum absolute atomic E-state index is 12.9. The number of anilines is 1. The standard InChI is InChI=1S/C23H27N3O4/c1-5-29-22(28)18-13-24-16(4)25-21(18)26-10-8-23(9-11-26)12-19(27)17-7-6-14(2)15(3)20(17)30-23/h6-7,13H,5,8-12H2,1-4H3. The van der Waals surface area contributed by atoms with Gasteiger partial charge in [0.2, 0.25) is 0 Å². The molecule has 2 aromatic rings. The van der Waals surface area contributed by atoms with E-state index in [9.17, 15) is 9.59 Å². The van der Waals surface area contributed by atoms with Crippen LogP contribution in [-0.2, 0) is 4.74 Å². The van der Waals surface area contributed by atoms with Crippen molar-refractivity contribution in [2.24, 2.45) is 0 Å². The summed E-state index contributed by atoms with van der Waals surface area (Å²) in [5.41, 5.74) is 2.69. The first-order valence-electron chi connectivity index (χ1n) is 10.4. The van der Waals surface area contributed by atoms with Crippen molar-refractivity contribution in [1.82, 2.24) is 9.97 Å². The van der Waals surface area contributed by atoms with Gasteiger partial charge in [-0.05, 0) is 44.9 Å². The number of aromatic nitrogens is 2. The molecule has 2 aliphatic rings. The lowest BCUT2D eigenvalue weighted by atomic mass is 9.81. The molecule has 0 aliphatic carbocycles. The number of esters is 1. The van der Waals surface area contributed by atoms with Crippen molar-refractivity contribution >= 4 is 17.6 Å². The molecule has 7 heteroatoms. The number of Topliss-reactive ketones (excluding diaryl/α,β-unsaturated/α-hetero) is 1. The fourth-order valence-corrected chi connectivity index (χ4v) is 4.24. The molecule has 158 valence electrons. The Morgan fingerprint density at radius 1 is 1.23 bits per heavy atom. The molecule has 0 N–H and O–H groups in total. The Kier molecular flexibility index (Phi) is 5.22. The highest BCUT2D eigenvalue weighted by atomic mass is 16.5. The summed E-state index contributed by atoms with van der Waals surface area (Å²) in [7, 11) is 0. The predicted molar refractivity (Wildman–Crippen MR) is 112 cm³/mol. The molecule has 0 bridgehead atoms. The molecule has 1 fully saturated rings. The largest absolute Gasteiger partial charge is 0.486 e. The lowest BCUT2D eigenvalue weighted by Gasteiger charge is -2.45. The third kappa shape index (κ3) is 3.53. The van der Waals surface area contributed by atoms with E-state index in [4.69, 9.17) is 9.47 Å². The molecule has 3 heterocycles. The highest BCUT2D eigenvalue weighted by molar-refractivity contribution is 6.01. The molecular weight excluding hydrogens is 382 g/mol. The number of benzene rings is 1. The first kappa shape index (κ1) is 20.3. The van der Waals surface area contributed by atoms with Crippen molar-refractivity contribution in [3.05, 3.63) is 46.4 Å². The molecule has 1 saturated heterocycles. The average molecular weight is 409 g/mol. The van der Waals surface area contributed by atoms with Gasteiger partial charge in [0.05, 0.1) is 18.6 Å². The van der Waals surface area contributed by atoms with Crippen LogP contribution in [0.1, 0.15) is 63.9 Å². The Balaban J connectivity index is 1.58. The van der Waals surface area contributed by atoms with E-state index >= 15 is 0 Å². The van der Waals surface area contributed by atoms with E-state index in [1.165, 1.54) is 6.20 Å². The van der Waals surface area contributed by atoms with Gasteiger partial charge in [-0.2, -0.15) is 0 Å². The van der Waals surface area contributed by atoms with Crippen LogP contribution in [0.25, 0.3) is 0 Å². The van der Waals surface area contributed by atoms with Gasteiger partial charge in [0.25, 0.3) is 0 Å². The molecule has 0 unspecified atom stereocenters. The fourth-order valence-electron chi connectivity index (χ4n) is 4.24.